The van der Waals surface area contributed by atoms with Crippen molar-refractivity contribution < 1.29 is 18.3 Å². The zero-order valence-corrected chi connectivity index (χ0v) is 20.6. The van der Waals surface area contributed by atoms with Crippen molar-refractivity contribution in [1.82, 2.24) is 0 Å². The zero-order valence-electron chi connectivity index (χ0n) is 18.4. The van der Waals surface area contributed by atoms with Gasteiger partial charge in [0.25, 0.3) is 0 Å². The second kappa shape index (κ2) is 8.06. The number of benzene rings is 3. The van der Waals surface area contributed by atoms with Crippen molar-refractivity contribution in [3.63, 3.8) is 0 Å². The number of furan rings is 1. The van der Waals surface area contributed by atoms with Gasteiger partial charge >= 0.3 is 0 Å². The molecule has 1 unspecified atom stereocenters. The van der Waals surface area contributed by atoms with Crippen molar-refractivity contribution in [2.45, 2.75) is 13.0 Å². The number of hydrogen-bond acceptors (Lipinski definition) is 5. The van der Waals surface area contributed by atoms with Gasteiger partial charge in [0.05, 0.1) is 32.8 Å². The summed E-state index contributed by atoms with van der Waals surface area (Å²) in [7, 11) is 1.62. The standard InChI is InChI=1S/C28H19IO5/c1-15-8-10-21-18(12-15)25(30)20(14-32-21)28-23-24(29)26(16-6-4-3-5-7-16)34-27(23)19-13-17(31-2)9-11-22(19)33-28/h3-14,28H,1-2H3. The lowest BCUT2D eigenvalue weighted by Gasteiger charge is -2.26. The van der Waals surface area contributed by atoms with Crippen LogP contribution in [0.15, 0.2) is 86.6 Å². The van der Waals surface area contributed by atoms with Gasteiger partial charge in [-0.25, -0.2) is 0 Å². The van der Waals surface area contributed by atoms with Crippen LogP contribution in [0.5, 0.6) is 11.5 Å². The van der Waals surface area contributed by atoms with Crippen LogP contribution in [0.2, 0.25) is 0 Å². The van der Waals surface area contributed by atoms with Crippen LogP contribution < -0.4 is 14.9 Å². The lowest BCUT2D eigenvalue weighted by Crippen LogP contribution is -2.22. The molecule has 0 saturated carbocycles. The minimum Gasteiger partial charge on any atom is -0.497 e. The Morgan fingerprint density at radius 1 is 0.971 bits per heavy atom. The molecule has 5 nitrogen and oxygen atoms in total. The number of rotatable bonds is 3. The first-order valence-corrected chi connectivity index (χ1v) is 11.9. The van der Waals surface area contributed by atoms with Crippen molar-refractivity contribution in [3.8, 4) is 34.1 Å². The van der Waals surface area contributed by atoms with Gasteiger partial charge in [0.15, 0.2) is 11.5 Å². The van der Waals surface area contributed by atoms with E-state index < -0.39 is 6.10 Å². The molecular weight excluding hydrogens is 543 g/mol. The van der Waals surface area contributed by atoms with Crippen LogP contribution in [0.3, 0.4) is 0 Å². The number of fused-ring (bicyclic) bond motifs is 4. The molecule has 6 heteroatoms. The van der Waals surface area contributed by atoms with Crippen LogP contribution in [0.1, 0.15) is 22.8 Å². The highest BCUT2D eigenvalue weighted by Crippen LogP contribution is 2.51. The monoisotopic (exact) mass is 562 g/mol. The van der Waals surface area contributed by atoms with Crippen molar-refractivity contribution in [1.29, 1.82) is 0 Å². The Hall–Kier alpha value is -3.52. The van der Waals surface area contributed by atoms with E-state index in [0.717, 1.165) is 31.6 Å². The minimum absolute atomic E-state index is 0.115. The van der Waals surface area contributed by atoms with E-state index >= 15 is 0 Å². The number of hydrogen-bond donors (Lipinski definition) is 0. The molecule has 1 aliphatic rings. The smallest absolute Gasteiger partial charge is 0.199 e. The fourth-order valence-electron chi connectivity index (χ4n) is 4.40. The fraction of sp³-hybridized carbons (Fsp3) is 0.107. The second-order valence-electron chi connectivity index (χ2n) is 8.23. The molecule has 3 heterocycles. The van der Waals surface area contributed by atoms with E-state index in [1.165, 1.54) is 6.26 Å². The molecule has 2 aromatic heterocycles. The number of aryl methyl sites for hydroxylation is 1. The number of methoxy groups -OCH3 is 1. The van der Waals surface area contributed by atoms with Crippen LogP contribution in [0.4, 0.5) is 0 Å². The average Bonchev–Trinajstić information content (AvgIpc) is 3.22. The van der Waals surface area contributed by atoms with Gasteiger partial charge in [0.1, 0.15) is 34.9 Å². The molecule has 0 aliphatic carbocycles. The summed E-state index contributed by atoms with van der Waals surface area (Å²) < 4.78 is 25.1. The van der Waals surface area contributed by atoms with E-state index in [4.69, 9.17) is 18.3 Å². The molecule has 0 amide bonds. The molecule has 6 rings (SSSR count). The lowest BCUT2D eigenvalue weighted by molar-refractivity contribution is 0.236. The summed E-state index contributed by atoms with van der Waals surface area (Å²) in [4.78, 5) is 13.6. The SMILES string of the molecule is COc1ccc2c(c1)-c1oc(-c3ccccc3)c(I)c1C(c1coc3ccc(C)cc3c1=O)O2. The molecule has 0 N–H and O–H groups in total. The highest BCUT2D eigenvalue weighted by molar-refractivity contribution is 14.1. The molecule has 0 bridgehead atoms. The topological polar surface area (TPSA) is 61.8 Å². The first kappa shape index (κ1) is 21.0. The molecule has 1 aliphatic heterocycles. The maximum atomic E-state index is 13.6. The Balaban J connectivity index is 1.62. The van der Waals surface area contributed by atoms with Crippen molar-refractivity contribution in [3.05, 3.63) is 103 Å². The van der Waals surface area contributed by atoms with Crippen LogP contribution in [0, 0.1) is 10.5 Å². The largest absolute Gasteiger partial charge is 0.497 e. The van der Waals surface area contributed by atoms with Gasteiger partial charge in [-0.2, -0.15) is 0 Å². The molecule has 0 saturated heterocycles. The Labute approximate surface area is 209 Å². The van der Waals surface area contributed by atoms with Gasteiger partial charge in [-0.3, -0.25) is 4.79 Å². The highest BCUT2D eigenvalue weighted by Gasteiger charge is 2.37. The van der Waals surface area contributed by atoms with Gasteiger partial charge < -0.3 is 18.3 Å². The normalized spacial score (nSPS) is 14.4. The summed E-state index contributed by atoms with van der Waals surface area (Å²) in [5.41, 5.74) is 4.39. The van der Waals surface area contributed by atoms with Gasteiger partial charge in [0.2, 0.25) is 0 Å². The summed E-state index contributed by atoms with van der Waals surface area (Å²) in [6.45, 7) is 1.95. The van der Waals surface area contributed by atoms with E-state index in [0.29, 0.717) is 33.8 Å². The van der Waals surface area contributed by atoms with E-state index in [2.05, 4.69) is 22.6 Å². The predicted molar refractivity (Wildman–Crippen MR) is 139 cm³/mol. The zero-order chi connectivity index (χ0) is 23.4. The Kier molecular flexibility index (Phi) is 4.99. The van der Waals surface area contributed by atoms with Gasteiger partial charge in [-0.05, 0) is 59.8 Å². The van der Waals surface area contributed by atoms with Crippen molar-refractivity contribution in [2.75, 3.05) is 7.11 Å². The molecule has 1 atom stereocenters. The summed E-state index contributed by atoms with van der Waals surface area (Å²) in [6.07, 6.45) is 0.832. The molecule has 0 spiro atoms. The predicted octanol–water partition coefficient (Wildman–Crippen LogP) is 7.12. The molecule has 0 radical (unpaired) electrons. The molecule has 34 heavy (non-hydrogen) atoms. The van der Waals surface area contributed by atoms with Crippen molar-refractivity contribution >= 4 is 33.6 Å². The van der Waals surface area contributed by atoms with Crippen LogP contribution in [0.25, 0.3) is 33.6 Å². The highest BCUT2D eigenvalue weighted by atomic mass is 127. The van der Waals surface area contributed by atoms with E-state index in [-0.39, 0.29) is 5.43 Å². The summed E-state index contributed by atoms with van der Waals surface area (Å²) in [5.74, 6) is 2.71. The minimum atomic E-state index is -0.676. The third-order valence-electron chi connectivity index (χ3n) is 6.10. The van der Waals surface area contributed by atoms with Crippen LogP contribution in [-0.2, 0) is 0 Å². The van der Waals surface area contributed by atoms with Crippen LogP contribution in [-0.4, -0.2) is 7.11 Å². The quantitative estimate of drug-likeness (QED) is 0.219. The summed E-state index contributed by atoms with van der Waals surface area (Å²) in [6, 6.07) is 21.1. The molecule has 5 aromatic rings. The van der Waals surface area contributed by atoms with E-state index in [1.54, 1.807) is 7.11 Å². The fourth-order valence-corrected chi connectivity index (χ4v) is 5.34. The first-order valence-electron chi connectivity index (χ1n) is 10.8. The maximum absolute atomic E-state index is 13.6. The summed E-state index contributed by atoms with van der Waals surface area (Å²) >= 11 is 2.28. The molecule has 3 aromatic carbocycles. The van der Waals surface area contributed by atoms with E-state index in [9.17, 15) is 4.79 Å². The van der Waals surface area contributed by atoms with Gasteiger partial charge in [-0.1, -0.05) is 42.0 Å². The van der Waals surface area contributed by atoms with Crippen molar-refractivity contribution in [2.24, 2.45) is 0 Å². The van der Waals surface area contributed by atoms with Gasteiger partial charge in [0, 0.05) is 5.56 Å². The van der Waals surface area contributed by atoms with Crippen LogP contribution >= 0.6 is 22.6 Å². The van der Waals surface area contributed by atoms with Gasteiger partial charge in [-0.15, -0.1) is 0 Å². The van der Waals surface area contributed by atoms with E-state index in [1.807, 2.05) is 73.7 Å². The molecule has 0 fully saturated rings. The Bertz CT molecular complexity index is 1610. The second-order valence-corrected chi connectivity index (χ2v) is 9.31. The maximum Gasteiger partial charge on any atom is 0.199 e. The number of halogens is 1. The average molecular weight is 562 g/mol. The number of ether oxygens (including phenoxy) is 2. The Morgan fingerprint density at radius 3 is 2.59 bits per heavy atom. The molecule has 168 valence electrons. The first-order chi connectivity index (χ1) is 16.5. The Morgan fingerprint density at radius 2 is 1.79 bits per heavy atom. The third-order valence-corrected chi connectivity index (χ3v) is 7.17. The summed E-state index contributed by atoms with van der Waals surface area (Å²) in [5, 5.41) is 0.532. The molecular formula is C28H19IO5. The third kappa shape index (κ3) is 3.24. The lowest BCUT2D eigenvalue weighted by atomic mass is 9.95.